The molecule has 0 aliphatic heterocycles. The number of hydrogen-bond donors (Lipinski definition) is 4. The Morgan fingerprint density at radius 3 is 1.27 bits per heavy atom. The third kappa shape index (κ3) is 8.86. The Balaban J connectivity index is 1.81. The second-order valence-corrected chi connectivity index (χ2v) is 16.9. The summed E-state index contributed by atoms with van der Waals surface area (Å²) in [6.07, 6.45) is 15.9. The Hall–Kier alpha value is -2.36. The van der Waals surface area contributed by atoms with E-state index in [1.54, 1.807) is 0 Å². The van der Waals surface area contributed by atoms with Gasteiger partial charge in [-0.2, -0.15) is 0 Å². The molecule has 4 rings (SSSR count). The minimum atomic E-state index is 0.136. The van der Waals surface area contributed by atoms with E-state index in [1.165, 1.54) is 12.8 Å². The predicted octanol–water partition coefficient (Wildman–Crippen LogP) is 12.1. The lowest BCUT2D eigenvalue weighted by molar-refractivity contribution is 0.191. The quantitative estimate of drug-likeness (QED) is 0.143. The van der Waals surface area contributed by atoms with E-state index in [2.05, 4.69) is 55.4 Å². The average Bonchev–Trinajstić information content (AvgIpc) is 3.02. The van der Waals surface area contributed by atoms with Crippen LogP contribution in [0.2, 0.25) is 0 Å². The molecule has 0 aromatic heterocycles. The first-order chi connectivity index (χ1) is 22.9. The van der Waals surface area contributed by atoms with Crippen LogP contribution in [0.25, 0.3) is 0 Å². The summed E-state index contributed by atoms with van der Waals surface area (Å²) in [7, 11) is 0. The summed E-state index contributed by atoms with van der Waals surface area (Å²) < 4.78 is 0. The summed E-state index contributed by atoms with van der Waals surface area (Å²) in [5.41, 5.74) is 5.48. The van der Waals surface area contributed by atoms with Crippen molar-refractivity contribution in [2.75, 3.05) is 0 Å². The fourth-order valence-electron chi connectivity index (χ4n) is 9.72. The van der Waals surface area contributed by atoms with Gasteiger partial charge in [0.2, 0.25) is 0 Å². The Morgan fingerprint density at radius 1 is 0.562 bits per heavy atom. The van der Waals surface area contributed by atoms with Crippen molar-refractivity contribution in [2.24, 2.45) is 35.5 Å². The third-order valence-corrected chi connectivity index (χ3v) is 12.5. The molecule has 4 N–H and O–H groups in total. The van der Waals surface area contributed by atoms with Gasteiger partial charge in [-0.1, -0.05) is 93.9 Å². The third-order valence-electron chi connectivity index (χ3n) is 12.5. The van der Waals surface area contributed by atoms with Crippen LogP contribution in [0, 0.1) is 35.5 Å². The SMILES string of the molecule is CCCCCc1cc(O)c([C@@H]2C[C@@H](C)CC[C@H]2C(C)C)c(O)c1CCc1c(CCCCC)cc(O)c([C@@H]2C[C@@H](C)CC[C@H]2C(C)C)c1O. The lowest BCUT2D eigenvalue weighted by Gasteiger charge is -2.39. The minimum Gasteiger partial charge on any atom is -0.508 e. The van der Waals surface area contributed by atoms with Gasteiger partial charge in [0.25, 0.3) is 0 Å². The van der Waals surface area contributed by atoms with E-state index in [0.717, 1.165) is 110 Å². The molecular formula is C44H70O4. The highest BCUT2D eigenvalue weighted by Gasteiger charge is 2.38. The van der Waals surface area contributed by atoms with Crippen LogP contribution in [0.5, 0.6) is 23.0 Å². The minimum absolute atomic E-state index is 0.136. The van der Waals surface area contributed by atoms with Crippen molar-refractivity contribution in [3.63, 3.8) is 0 Å². The van der Waals surface area contributed by atoms with Gasteiger partial charge < -0.3 is 20.4 Å². The molecule has 0 amide bonds. The highest BCUT2D eigenvalue weighted by atomic mass is 16.3. The van der Waals surface area contributed by atoms with Crippen LogP contribution in [0.15, 0.2) is 12.1 Å². The van der Waals surface area contributed by atoms with Crippen LogP contribution in [-0.4, -0.2) is 20.4 Å². The number of phenolic OH excluding ortho intramolecular Hbond substituents is 4. The van der Waals surface area contributed by atoms with E-state index in [-0.39, 0.29) is 23.3 Å². The van der Waals surface area contributed by atoms with Crippen molar-refractivity contribution in [1.29, 1.82) is 0 Å². The smallest absolute Gasteiger partial charge is 0.126 e. The molecule has 0 spiro atoms. The fraction of sp³-hybridized carbons (Fsp3) is 0.727. The predicted molar refractivity (Wildman–Crippen MR) is 202 cm³/mol. The van der Waals surface area contributed by atoms with Crippen LogP contribution in [0.4, 0.5) is 0 Å². The molecule has 0 unspecified atom stereocenters. The number of aromatic hydroxyl groups is 4. The molecule has 4 nitrogen and oxygen atoms in total. The Labute approximate surface area is 293 Å². The zero-order valence-corrected chi connectivity index (χ0v) is 31.9. The van der Waals surface area contributed by atoms with Gasteiger partial charge in [0.1, 0.15) is 23.0 Å². The maximum Gasteiger partial charge on any atom is 0.126 e. The maximum atomic E-state index is 12.2. The topological polar surface area (TPSA) is 80.9 Å². The largest absolute Gasteiger partial charge is 0.508 e. The summed E-state index contributed by atoms with van der Waals surface area (Å²) in [5, 5.41) is 47.5. The number of hydrogen-bond acceptors (Lipinski definition) is 4. The van der Waals surface area contributed by atoms with E-state index in [4.69, 9.17) is 0 Å². The van der Waals surface area contributed by atoms with Gasteiger partial charge in [-0.05, 0) is 146 Å². The van der Waals surface area contributed by atoms with Crippen LogP contribution in [-0.2, 0) is 25.7 Å². The van der Waals surface area contributed by atoms with Crippen molar-refractivity contribution in [1.82, 2.24) is 0 Å². The second kappa shape index (κ2) is 17.5. The lowest BCUT2D eigenvalue weighted by atomic mass is 9.66. The number of aryl methyl sites for hydroxylation is 2. The first-order valence-corrected chi connectivity index (χ1v) is 20.0. The van der Waals surface area contributed by atoms with Crippen molar-refractivity contribution in [3.8, 4) is 23.0 Å². The van der Waals surface area contributed by atoms with Crippen LogP contribution < -0.4 is 0 Å². The van der Waals surface area contributed by atoms with Crippen LogP contribution in [0.1, 0.15) is 178 Å². The van der Waals surface area contributed by atoms with Gasteiger partial charge in [0.15, 0.2) is 0 Å². The zero-order chi connectivity index (χ0) is 35.1. The van der Waals surface area contributed by atoms with Gasteiger partial charge in [0, 0.05) is 11.1 Å². The molecule has 270 valence electrons. The monoisotopic (exact) mass is 663 g/mol. The summed E-state index contributed by atoms with van der Waals surface area (Å²) in [4.78, 5) is 0. The van der Waals surface area contributed by atoms with Gasteiger partial charge in [-0.25, -0.2) is 0 Å². The Morgan fingerprint density at radius 2 is 0.938 bits per heavy atom. The summed E-state index contributed by atoms with van der Waals surface area (Å²) in [6, 6.07) is 3.94. The summed E-state index contributed by atoms with van der Waals surface area (Å²) >= 11 is 0. The molecule has 6 atom stereocenters. The van der Waals surface area contributed by atoms with Gasteiger partial charge >= 0.3 is 0 Å². The van der Waals surface area contributed by atoms with Crippen molar-refractivity contribution in [3.05, 3.63) is 45.5 Å². The number of unbranched alkanes of at least 4 members (excludes halogenated alkanes) is 4. The normalized spacial score (nSPS) is 24.9. The van der Waals surface area contributed by atoms with Crippen LogP contribution in [0.3, 0.4) is 0 Å². The highest BCUT2D eigenvalue weighted by molar-refractivity contribution is 5.58. The number of benzene rings is 2. The van der Waals surface area contributed by atoms with Gasteiger partial charge in [0.05, 0.1) is 0 Å². The molecule has 48 heavy (non-hydrogen) atoms. The Bertz CT molecular complexity index is 1220. The molecule has 2 saturated carbocycles. The number of phenols is 4. The first-order valence-electron chi connectivity index (χ1n) is 20.0. The number of rotatable bonds is 15. The molecule has 0 radical (unpaired) electrons. The van der Waals surface area contributed by atoms with Gasteiger partial charge in [-0.3, -0.25) is 0 Å². The van der Waals surface area contributed by atoms with E-state index < -0.39 is 0 Å². The molecule has 0 saturated heterocycles. The van der Waals surface area contributed by atoms with E-state index >= 15 is 0 Å². The van der Waals surface area contributed by atoms with E-state index in [0.29, 0.717) is 59.8 Å². The fourth-order valence-corrected chi connectivity index (χ4v) is 9.72. The standard InChI is InChI=1S/C44H70O4/c1-9-11-13-15-31-25-39(45)41(37-23-29(7)17-19-33(37)27(3)4)43(47)35(31)21-22-36-32(16-14-12-10-2)26-40(46)42(44(36)48)38-24-30(8)18-20-34(38)28(5)6/h25-30,33-34,37-38,45-48H,9-24H2,1-8H3/t29-,30-,33-,34-,37+,38+/m0/s1. The molecule has 0 bridgehead atoms. The van der Waals surface area contributed by atoms with Crippen LogP contribution >= 0.6 is 0 Å². The van der Waals surface area contributed by atoms with Crippen molar-refractivity contribution >= 4 is 0 Å². The highest BCUT2D eigenvalue weighted by Crippen LogP contribution is 2.53. The summed E-state index contributed by atoms with van der Waals surface area (Å²) in [5.74, 6) is 4.30. The molecular weight excluding hydrogens is 592 g/mol. The lowest BCUT2D eigenvalue weighted by Crippen LogP contribution is -2.26. The molecule has 0 heterocycles. The maximum absolute atomic E-state index is 12.2. The zero-order valence-electron chi connectivity index (χ0n) is 31.9. The second-order valence-electron chi connectivity index (χ2n) is 16.9. The Kier molecular flexibility index (Phi) is 14.0. The molecule has 2 aliphatic carbocycles. The average molecular weight is 663 g/mol. The molecule has 2 fully saturated rings. The van der Waals surface area contributed by atoms with Gasteiger partial charge in [-0.15, -0.1) is 0 Å². The molecule has 2 aromatic rings. The molecule has 4 heteroatoms. The van der Waals surface area contributed by atoms with Crippen molar-refractivity contribution < 1.29 is 20.4 Å². The summed E-state index contributed by atoms with van der Waals surface area (Å²) in [6.45, 7) is 18.1. The van der Waals surface area contributed by atoms with Crippen molar-refractivity contribution in [2.45, 2.75) is 170 Å². The van der Waals surface area contributed by atoms with E-state index in [9.17, 15) is 20.4 Å². The van der Waals surface area contributed by atoms with E-state index in [1.807, 2.05) is 12.1 Å². The first kappa shape index (κ1) is 38.4. The molecule has 2 aromatic carbocycles. The molecule has 2 aliphatic rings.